The van der Waals surface area contributed by atoms with Crippen LogP contribution in [0, 0.1) is 5.92 Å². The largest absolute Gasteiger partial charge is 0.381 e. The van der Waals surface area contributed by atoms with Crippen molar-refractivity contribution in [2.24, 2.45) is 5.92 Å². The molecule has 0 spiro atoms. The third-order valence-electron chi connectivity index (χ3n) is 3.33. The molecule has 2 N–H and O–H groups in total. The van der Waals surface area contributed by atoms with Gasteiger partial charge in [0.25, 0.3) is 0 Å². The second-order valence-electron chi connectivity index (χ2n) is 5.13. The lowest BCUT2D eigenvalue weighted by Crippen LogP contribution is -2.40. The highest BCUT2D eigenvalue weighted by Gasteiger charge is 2.20. The van der Waals surface area contributed by atoms with Crippen LogP contribution in [0.3, 0.4) is 0 Å². The number of carbonyl (C=O) groups is 1. The van der Waals surface area contributed by atoms with Gasteiger partial charge in [-0.05, 0) is 44.6 Å². The molecule has 1 rings (SSSR count). The highest BCUT2D eigenvalue weighted by molar-refractivity contribution is 5.78. The van der Waals surface area contributed by atoms with Gasteiger partial charge >= 0.3 is 0 Å². The molecule has 0 unspecified atom stereocenters. The molecule has 0 saturated heterocycles. The van der Waals surface area contributed by atoms with Gasteiger partial charge in [-0.1, -0.05) is 13.8 Å². The van der Waals surface area contributed by atoms with Crippen molar-refractivity contribution in [1.29, 1.82) is 0 Å². The number of hydrogen-bond acceptors (Lipinski definition) is 3. The molecule has 1 saturated carbocycles. The monoisotopic (exact) mass is 256 g/mol. The lowest BCUT2D eigenvalue weighted by Gasteiger charge is -2.14. The van der Waals surface area contributed by atoms with E-state index in [9.17, 15) is 4.79 Å². The third-order valence-corrected chi connectivity index (χ3v) is 3.33. The summed E-state index contributed by atoms with van der Waals surface area (Å²) < 4.78 is 5.52. The molecular formula is C14H28N2O2. The molecule has 0 atom stereocenters. The van der Waals surface area contributed by atoms with Crippen LogP contribution in [0.1, 0.15) is 46.0 Å². The SMILES string of the molecule is CCC(CC)NC(=O)CNCCCOCC1CC1. The van der Waals surface area contributed by atoms with E-state index in [1.165, 1.54) is 12.8 Å². The van der Waals surface area contributed by atoms with Crippen LogP contribution in [0.15, 0.2) is 0 Å². The van der Waals surface area contributed by atoms with Crippen LogP contribution >= 0.6 is 0 Å². The second kappa shape index (κ2) is 9.34. The van der Waals surface area contributed by atoms with Crippen molar-refractivity contribution >= 4 is 5.91 Å². The minimum atomic E-state index is 0.0996. The summed E-state index contributed by atoms with van der Waals surface area (Å²) in [5.74, 6) is 0.936. The van der Waals surface area contributed by atoms with Gasteiger partial charge in [-0.15, -0.1) is 0 Å². The van der Waals surface area contributed by atoms with Crippen molar-refractivity contribution in [1.82, 2.24) is 10.6 Å². The smallest absolute Gasteiger partial charge is 0.234 e. The van der Waals surface area contributed by atoms with Gasteiger partial charge in [-0.2, -0.15) is 0 Å². The number of nitrogens with one attached hydrogen (secondary N) is 2. The molecule has 4 nitrogen and oxygen atoms in total. The Bertz CT molecular complexity index is 226. The molecule has 1 aliphatic carbocycles. The van der Waals surface area contributed by atoms with Crippen molar-refractivity contribution in [2.45, 2.75) is 52.0 Å². The number of amides is 1. The highest BCUT2D eigenvalue weighted by Crippen LogP contribution is 2.28. The summed E-state index contributed by atoms with van der Waals surface area (Å²) in [6, 6.07) is 0.321. The van der Waals surface area contributed by atoms with E-state index in [1.807, 2.05) is 0 Å². The summed E-state index contributed by atoms with van der Waals surface area (Å²) in [5.41, 5.74) is 0. The standard InChI is InChI=1S/C14H28N2O2/c1-3-13(4-2)16-14(17)10-15-8-5-9-18-11-12-6-7-12/h12-13,15H,3-11H2,1-2H3,(H,16,17). The fourth-order valence-electron chi connectivity index (χ4n) is 1.81. The molecule has 0 aromatic carbocycles. The lowest BCUT2D eigenvalue weighted by atomic mass is 10.2. The second-order valence-corrected chi connectivity index (χ2v) is 5.13. The molecule has 0 aliphatic heterocycles. The van der Waals surface area contributed by atoms with Crippen LogP contribution in [0.2, 0.25) is 0 Å². The molecule has 0 bridgehead atoms. The van der Waals surface area contributed by atoms with Gasteiger partial charge in [0.2, 0.25) is 5.91 Å². The van der Waals surface area contributed by atoms with E-state index in [4.69, 9.17) is 4.74 Å². The Morgan fingerprint density at radius 3 is 2.67 bits per heavy atom. The Kier molecular flexibility index (Phi) is 8.01. The van der Waals surface area contributed by atoms with Crippen LogP contribution < -0.4 is 10.6 Å². The van der Waals surface area contributed by atoms with Crippen LogP contribution in [-0.4, -0.2) is 38.3 Å². The summed E-state index contributed by atoms with van der Waals surface area (Å²) in [5, 5.41) is 6.16. The zero-order valence-corrected chi connectivity index (χ0v) is 11.8. The molecule has 1 aliphatic rings. The number of ether oxygens (including phenoxy) is 1. The molecule has 106 valence electrons. The lowest BCUT2D eigenvalue weighted by molar-refractivity contribution is -0.121. The molecule has 4 heteroatoms. The van der Waals surface area contributed by atoms with Gasteiger partial charge in [0.1, 0.15) is 0 Å². The van der Waals surface area contributed by atoms with E-state index in [0.717, 1.165) is 44.9 Å². The maximum atomic E-state index is 11.6. The molecular weight excluding hydrogens is 228 g/mol. The molecule has 0 aromatic heterocycles. The number of rotatable bonds is 11. The first-order chi connectivity index (χ1) is 8.76. The summed E-state index contributed by atoms with van der Waals surface area (Å²) in [7, 11) is 0. The van der Waals surface area contributed by atoms with Gasteiger partial charge in [-0.25, -0.2) is 0 Å². The zero-order valence-electron chi connectivity index (χ0n) is 11.8. The summed E-state index contributed by atoms with van der Waals surface area (Å²) in [6.07, 6.45) is 5.66. The fraction of sp³-hybridized carbons (Fsp3) is 0.929. The molecule has 0 heterocycles. The third kappa shape index (κ3) is 7.67. The zero-order chi connectivity index (χ0) is 13.2. The van der Waals surface area contributed by atoms with E-state index in [2.05, 4.69) is 24.5 Å². The van der Waals surface area contributed by atoms with Gasteiger partial charge in [0.15, 0.2) is 0 Å². The van der Waals surface area contributed by atoms with Crippen molar-refractivity contribution in [3.8, 4) is 0 Å². The van der Waals surface area contributed by atoms with E-state index in [0.29, 0.717) is 12.6 Å². The quantitative estimate of drug-likeness (QED) is 0.553. The van der Waals surface area contributed by atoms with E-state index < -0.39 is 0 Å². The predicted molar refractivity (Wildman–Crippen MR) is 73.5 cm³/mol. The van der Waals surface area contributed by atoms with Gasteiger partial charge in [0, 0.05) is 19.3 Å². The Balaban J connectivity index is 1.84. The predicted octanol–water partition coefficient (Wildman–Crippen LogP) is 1.70. The first-order valence-corrected chi connectivity index (χ1v) is 7.34. The van der Waals surface area contributed by atoms with Crippen molar-refractivity contribution in [2.75, 3.05) is 26.3 Å². The highest BCUT2D eigenvalue weighted by atomic mass is 16.5. The first-order valence-electron chi connectivity index (χ1n) is 7.34. The van der Waals surface area contributed by atoms with Crippen molar-refractivity contribution < 1.29 is 9.53 Å². The van der Waals surface area contributed by atoms with Crippen molar-refractivity contribution in [3.05, 3.63) is 0 Å². The van der Waals surface area contributed by atoms with Gasteiger partial charge in [0.05, 0.1) is 6.54 Å². The number of carbonyl (C=O) groups excluding carboxylic acids is 1. The molecule has 18 heavy (non-hydrogen) atoms. The fourth-order valence-corrected chi connectivity index (χ4v) is 1.81. The molecule has 1 fully saturated rings. The van der Waals surface area contributed by atoms with Crippen LogP contribution in [0.4, 0.5) is 0 Å². The normalized spacial score (nSPS) is 15.1. The minimum absolute atomic E-state index is 0.0996. The van der Waals surface area contributed by atoms with Gasteiger partial charge in [-0.3, -0.25) is 4.79 Å². The van der Waals surface area contributed by atoms with Gasteiger partial charge < -0.3 is 15.4 Å². The molecule has 0 aromatic rings. The van der Waals surface area contributed by atoms with E-state index >= 15 is 0 Å². The Morgan fingerprint density at radius 2 is 2.06 bits per heavy atom. The topological polar surface area (TPSA) is 50.4 Å². The average molecular weight is 256 g/mol. The maximum absolute atomic E-state index is 11.6. The summed E-state index contributed by atoms with van der Waals surface area (Å²) in [6.45, 7) is 7.19. The van der Waals surface area contributed by atoms with E-state index in [-0.39, 0.29) is 5.91 Å². The Labute approximate surface area is 111 Å². The average Bonchev–Trinajstić information content (AvgIpc) is 3.18. The minimum Gasteiger partial charge on any atom is -0.381 e. The van der Waals surface area contributed by atoms with Crippen LogP contribution in [0.25, 0.3) is 0 Å². The Hall–Kier alpha value is -0.610. The summed E-state index contributed by atoms with van der Waals surface area (Å²) >= 11 is 0. The first kappa shape index (κ1) is 15.4. The number of hydrogen-bond donors (Lipinski definition) is 2. The van der Waals surface area contributed by atoms with Crippen molar-refractivity contribution in [3.63, 3.8) is 0 Å². The maximum Gasteiger partial charge on any atom is 0.234 e. The summed E-state index contributed by atoms with van der Waals surface area (Å²) in [4.78, 5) is 11.6. The molecule has 1 amide bonds. The van der Waals surface area contributed by atoms with Crippen LogP contribution in [-0.2, 0) is 9.53 Å². The van der Waals surface area contributed by atoms with E-state index in [1.54, 1.807) is 0 Å². The van der Waals surface area contributed by atoms with Crippen LogP contribution in [0.5, 0.6) is 0 Å². The molecule has 0 radical (unpaired) electrons. The Morgan fingerprint density at radius 1 is 1.33 bits per heavy atom.